The summed E-state index contributed by atoms with van der Waals surface area (Å²) < 4.78 is 22.6. The van der Waals surface area contributed by atoms with Gasteiger partial charge in [0.15, 0.2) is 0 Å². The molecule has 1 unspecified atom stereocenters. The van der Waals surface area contributed by atoms with E-state index in [-0.39, 0.29) is 27.3 Å². The lowest BCUT2D eigenvalue weighted by Crippen LogP contribution is -2.56. The molecule has 2 amide bonds. The van der Waals surface area contributed by atoms with Crippen LogP contribution in [0.1, 0.15) is 17.3 Å². The van der Waals surface area contributed by atoms with Crippen molar-refractivity contribution >= 4 is 33.4 Å². The minimum absolute atomic E-state index is 0.124. The van der Waals surface area contributed by atoms with Crippen molar-refractivity contribution in [3.8, 4) is 0 Å². The fourth-order valence-corrected chi connectivity index (χ4v) is 3.41. The van der Waals surface area contributed by atoms with E-state index in [1.165, 1.54) is 23.1 Å². The Balaban J connectivity index is 2.31. The van der Waals surface area contributed by atoms with E-state index in [1.807, 2.05) is 0 Å². The van der Waals surface area contributed by atoms with Gasteiger partial charge in [0.25, 0.3) is 5.91 Å². The fourth-order valence-electron chi connectivity index (χ4n) is 2.32. The maximum absolute atomic E-state index is 12.5. The molecule has 9 heteroatoms. The number of hydrogen-bond donors (Lipinski definition) is 1. The summed E-state index contributed by atoms with van der Waals surface area (Å²) in [5.41, 5.74) is 0.210. The molecule has 1 aliphatic heterocycles. The van der Waals surface area contributed by atoms with Crippen molar-refractivity contribution in [1.82, 2.24) is 9.80 Å². The third-order valence-corrected chi connectivity index (χ3v) is 5.02. The Kier molecular flexibility index (Phi) is 4.46. The van der Waals surface area contributed by atoms with Crippen LogP contribution in [0, 0.1) is 0 Å². The van der Waals surface area contributed by atoms with Crippen LogP contribution in [0.2, 0.25) is 5.02 Å². The van der Waals surface area contributed by atoms with Gasteiger partial charge in [-0.2, -0.15) is 0 Å². The Morgan fingerprint density at radius 3 is 2.55 bits per heavy atom. The van der Waals surface area contributed by atoms with Crippen molar-refractivity contribution < 1.29 is 18.0 Å². The number of carbonyl (C=O) groups excluding carboxylic acids is 2. The van der Waals surface area contributed by atoms with Crippen LogP contribution >= 0.6 is 11.6 Å². The van der Waals surface area contributed by atoms with Crippen molar-refractivity contribution in [3.63, 3.8) is 0 Å². The lowest BCUT2D eigenvalue weighted by Gasteiger charge is -2.37. The number of amides is 2. The molecular weight excluding hydrogens is 330 g/mol. The molecule has 2 rings (SSSR count). The molecule has 1 atom stereocenters. The standard InChI is InChI=1S/C13H16ClN3O4S/c1-8-12(18)16(2)5-6-17(8)13(19)9-3-4-11(10(14)7-9)22(15,20)21/h3-4,7-8H,5-6H2,1-2H3,(H2,15,20,21). The SMILES string of the molecule is CC1C(=O)N(C)CCN1C(=O)c1ccc(S(N)(=O)=O)c(Cl)c1. The number of sulfonamides is 1. The quantitative estimate of drug-likeness (QED) is 0.832. The highest BCUT2D eigenvalue weighted by Crippen LogP contribution is 2.23. The first kappa shape index (κ1) is 16.7. The normalized spacial score (nSPS) is 19.5. The van der Waals surface area contributed by atoms with Crippen LogP contribution in [0.25, 0.3) is 0 Å². The van der Waals surface area contributed by atoms with Gasteiger partial charge in [0.05, 0.1) is 5.02 Å². The third-order valence-electron chi connectivity index (χ3n) is 3.62. The summed E-state index contributed by atoms with van der Waals surface area (Å²) in [5, 5.41) is 4.90. The summed E-state index contributed by atoms with van der Waals surface area (Å²) in [7, 11) is -2.27. The molecule has 0 radical (unpaired) electrons. The topological polar surface area (TPSA) is 101 Å². The van der Waals surface area contributed by atoms with Crippen LogP contribution in [0.4, 0.5) is 0 Å². The highest BCUT2D eigenvalue weighted by Gasteiger charge is 2.33. The lowest BCUT2D eigenvalue weighted by molar-refractivity contribution is -0.137. The van der Waals surface area contributed by atoms with E-state index in [4.69, 9.17) is 16.7 Å². The number of halogens is 1. The summed E-state index contributed by atoms with van der Waals surface area (Å²) in [6.07, 6.45) is 0. The predicted octanol–water partition coefficient (Wildman–Crippen LogP) is 0.290. The maximum Gasteiger partial charge on any atom is 0.254 e. The summed E-state index contributed by atoms with van der Waals surface area (Å²) in [6, 6.07) is 3.19. The van der Waals surface area contributed by atoms with Crippen LogP contribution in [0.5, 0.6) is 0 Å². The van der Waals surface area contributed by atoms with Gasteiger partial charge in [-0.05, 0) is 25.1 Å². The van der Waals surface area contributed by atoms with Crippen LogP contribution < -0.4 is 5.14 Å². The number of primary sulfonamides is 1. The molecule has 0 bridgehead atoms. The molecule has 120 valence electrons. The van der Waals surface area contributed by atoms with Gasteiger partial charge in [-0.3, -0.25) is 9.59 Å². The second kappa shape index (κ2) is 5.86. The number of carbonyl (C=O) groups is 2. The second-order valence-electron chi connectivity index (χ2n) is 5.12. The predicted molar refractivity (Wildman–Crippen MR) is 81.0 cm³/mol. The number of piperazine rings is 1. The molecule has 1 aromatic carbocycles. The minimum atomic E-state index is -3.95. The van der Waals surface area contributed by atoms with Crippen LogP contribution in [0.15, 0.2) is 23.1 Å². The molecule has 0 aliphatic carbocycles. The van der Waals surface area contributed by atoms with E-state index < -0.39 is 16.1 Å². The first-order valence-electron chi connectivity index (χ1n) is 6.51. The number of hydrogen-bond acceptors (Lipinski definition) is 4. The van der Waals surface area contributed by atoms with E-state index in [0.717, 1.165) is 0 Å². The Morgan fingerprint density at radius 2 is 2.00 bits per heavy atom. The molecule has 2 N–H and O–H groups in total. The van der Waals surface area contributed by atoms with Crippen LogP contribution in [-0.2, 0) is 14.8 Å². The van der Waals surface area contributed by atoms with Gasteiger partial charge in [0.2, 0.25) is 15.9 Å². The molecular formula is C13H16ClN3O4S. The molecule has 1 saturated heterocycles. The zero-order chi connectivity index (χ0) is 16.7. The molecule has 1 fully saturated rings. The van der Waals surface area contributed by atoms with E-state index in [2.05, 4.69) is 0 Å². The zero-order valence-electron chi connectivity index (χ0n) is 12.1. The lowest BCUT2D eigenvalue weighted by atomic mass is 10.1. The van der Waals surface area contributed by atoms with Crippen molar-refractivity contribution in [2.45, 2.75) is 17.9 Å². The number of likely N-dealkylation sites (N-methyl/N-ethyl adjacent to an activating group) is 1. The second-order valence-corrected chi connectivity index (χ2v) is 7.06. The van der Waals surface area contributed by atoms with Gasteiger partial charge in [-0.1, -0.05) is 11.6 Å². The van der Waals surface area contributed by atoms with E-state index in [1.54, 1.807) is 18.9 Å². The average molecular weight is 346 g/mol. The van der Waals surface area contributed by atoms with Crippen molar-refractivity contribution in [2.24, 2.45) is 5.14 Å². The maximum atomic E-state index is 12.5. The summed E-state index contributed by atoms with van der Waals surface area (Å²) in [5.74, 6) is -0.524. The average Bonchev–Trinajstić information content (AvgIpc) is 2.43. The summed E-state index contributed by atoms with van der Waals surface area (Å²) in [4.78, 5) is 27.2. The molecule has 1 aliphatic rings. The molecule has 0 spiro atoms. The smallest absolute Gasteiger partial charge is 0.254 e. The van der Waals surface area contributed by atoms with Gasteiger partial charge >= 0.3 is 0 Å². The molecule has 0 aromatic heterocycles. The van der Waals surface area contributed by atoms with Gasteiger partial charge in [0, 0.05) is 25.7 Å². The van der Waals surface area contributed by atoms with E-state index in [9.17, 15) is 18.0 Å². The fraction of sp³-hybridized carbons (Fsp3) is 0.385. The van der Waals surface area contributed by atoms with Gasteiger partial charge in [-0.15, -0.1) is 0 Å². The Hall–Kier alpha value is -1.64. The van der Waals surface area contributed by atoms with Crippen molar-refractivity contribution in [1.29, 1.82) is 0 Å². The molecule has 22 heavy (non-hydrogen) atoms. The number of benzene rings is 1. The van der Waals surface area contributed by atoms with E-state index in [0.29, 0.717) is 13.1 Å². The Morgan fingerprint density at radius 1 is 1.36 bits per heavy atom. The third kappa shape index (κ3) is 3.08. The Bertz CT molecular complexity index is 735. The molecule has 1 aromatic rings. The van der Waals surface area contributed by atoms with Gasteiger partial charge in [-0.25, -0.2) is 13.6 Å². The molecule has 0 saturated carbocycles. The molecule has 1 heterocycles. The zero-order valence-corrected chi connectivity index (χ0v) is 13.7. The Labute approximate surface area is 133 Å². The first-order valence-corrected chi connectivity index (χ1v) is 8.43. The molecule has 7 nitrogen and oxygen atoms in total. The number of rotatable bonds is 2. The summed E-state index contributed by atoms with van der Waals surface area (Å²) >= 11 is 5.88. The summed E-state index contributed by atoms with van der Waals surface area (Å²) in [6.45, 7) is 2.49. The minimum Gasteiger partial charge on any atom is -0.342 e. The van der Waals surface area contributed by atoms with Crippen LogP contribution in [-0.4, -0.2) is 56.2 Å². The van der Waals surface area contributed by atoms with Gasteiger partial charge < -0.3 is 9.80 Å². The van der Waals surface area contributed by atoms with E-state index >= 15 is 0 Å². The largest absolute Gasteiger partial charge is 0.342 e. The first-order chi connectivity index (χ1) is 10.1. The van der Waals surface area contributed by atoms with Gasteiger partial charge in [0.1, 0.15) is 10.9 Å². The van der Waals surface area contributed by atoms with Crippen molar-refractivity contribution in [3.05, 3.63) is 28.8 Å². The highest BCUT2D eigenvalue weighted by atomic mass is 35.5. The highest BCUT2D eigenvalue weighted by molar-refractivity contribution is 7.89. The monoisotopic (exact) mass is 345 g/mol. The number of nitrogens with zero attached hydrogens (tertiary/aromatic N) is 2. The number of nitrogens with two attached hydrogens (primary N) is 1. The van der Waals surface area contributed by atoms with Crippen molar-refractivity contribution in [2.75, 3.05) is 20.1 Å². The van der Waals surface area contributed by atoms with Crippen LogP contribution in [0.3, 0.4) is 0 Å².